The molecule has 0 bridgehead atoms. The first kappa shape index (κ1) is 13.2. The van der Waals surface area contributed by atoms with Crippen LogP contribution in [0.25, 0.3) is 10.6 Å². The van der Waals surface area contributed by atoms with Gasteiger partial charge >= 0.3 is 0 Å². The second kappa shape index (κ2) is 5.63. The van der Waals surface area contributed by atoms with Crippen LogP contribution >= 0.6 is 22.7 Å². The van der Waals surface area contributed by atoms with E-state index in [2.05, 4.69) is 29.4 Å². The highest BCUT2D eigenvalue weighted by Gasteiger charge is 2.13. The standard InChI is InChI=1S/C13H16N2OS2/c1-4-8(2)12(16)15-13-14-10(7-17-13)11-6-5-9(3)18-11/h5-8H,4H2,1-3H3,(H,14,15,16). The molecule has 5 heteroatoms. The minimum Gasteiger partial charge on any atom is -0.302 e. The van der Waals surface area contributed by atoms with E-state index in [0.29, 0.717) is 5.13 Å². The minimum absolute atomic E-state index is 0.0290. The van der Waals surface area contributed by atoms with Crippen molar-refractivity contribution in [3.63, 3.8) is 0 Å². The summed E-state index contributed by atoms with van der Waals surface area (Å²) in [5.41, 5.74) is 0.942. The third-order valence-electron chi connectivity index (χ3n) is 2.79. The Balaban J connectivity index is 2.09. The van der Waals surface area contributed by atoms with Crippen molar-refractivity contribution in [2.45, 2.75) is 27.2 Å². The normalized spacial score (nSPS) is 12.4. The molecule has 0 aliphatic rings. The quantitative estimate of drug-likeness (QED) is 0.913. The van der Waals surface area contributed by atoms with Gasteiger partial charge in [-0.25, -0.2) is 4.98 Å². The molecular weight excluding hydrogens is 264 g/mol. The van der Waals surface area contributed by atoms with Crippen LogP contribution in [0.15, 0.2) is 17.5 Å². The monoisotopic (exact) mass is 280 g/mol. The summed E-state index contributed by atoms with van der Waals surface area (Å²) in [5, 5.41) is 5.53. The van der Waals surface area contributed by atoms with Crippen LogP contribution in [0.1, 0.15) is 25.1 Å². The van der Waals surface area contributed by atoms with Crippen LogP contribution in [-0.2, 0) is 4.79 Å². The first-order valence-electron chi connectivity index (χ1n) is 5.93. The number of carbonyl (C=O) groups is 1. The Hall–Kier alpha value is -1.20. The number of thiophene rings is 1. The van der Waals surface area contributed by atoms with Gasteiger partial charge in [0.15, 0.2) is 5.13 Å². The van der Waals surface area contributed by atoms with Crippen LogP contribution in [0.2, 0.25) is 0 Å². The van der Waals surface area contributed by atoms with Crippen molar-refractivity contribution in [1.29, 1.82) is 0 Å². The Kier molecular flexibility index (Phi) is 4.14. The molecule has 0 aliphatic carbocycles. The maximum absolute atomic E-state index is 11.8. The molecule has 2 aromatic heterocycles. The van der Waals surface area contributed by atoms with Gasteiger partial charge in [0.1, 0.15) is 0 Å². The molecule has 3 nitrogen and oxygen atoms in total. The fourth-order valence-corrected chi connectivity index (χ4v) is 3.05. The number of aromatic nitrogens is 1. The van der Waals surface area contributed by atoms with E-state index >= 15 is 0 Å². The molecule has 1 N–H and O–H groups in total. The predicted octanol–water partition coefficient (Wildman–Crippen LogP) is 4.16. The van der Waals surface area contributed by atoms with Gasteiger partial charge in [0.05, 0.1) is 10.6 Å². The van der Waals surface area contributed by atoms with Crippen molar-refractivity contribution in [1.82, 2.24) is 4.98 Å². The molecule has 1 atom stereocenters. The van der Waals surface area contributed by atoms with Crippen LogP contribution < -0.4 is 5.32 Å². The van der Waals surface area contributed by atoms with E-state index in [9.17, 15) is 4.79 Å². The van der Waals surface area contributed by atoms with Crippen LogP contribution in [-0.4, -0.2) is 10.9 Å². The van der Waals surface area contributed by atoms with E-state index in [4.69, 9.17) is 0 Å². The molecule has 0 aromatic carbocycles. The van der Waals surface area contributed by atoms with Crippen molar-refractivity contribution in [3.05, 3.63) is 22.4 Å². The topological polar surface area (TPSA) is 42.0 Å². The third kappa shape index (κ3) is 2.97. The number of nitrogens with zero attached hydrogens (tertiary/aromatic N) is 1. The second-order valence-electron chi connectivity index (χ2n) is 4.25. The summed E-state index contributed by atoms with van der Waals surface area (Å²) in [6.45, 7) is 6.00. The fourth-order valence-electron chi connectivity index (χ4n) is 1.43. The minimum atomic E-state index is 0.0290. The number of hydrogen-bond donors (Lipinski definition) is 1. The molecule has 2 heterocycles. The van der Waals surface area contributed by atoms with Gasteiger partial charge < -0.3 is 5.32 Å². The largest absolute Gasteiger partial charge is 0.302 e. The van der Waals surface area contributed by atoms with Gasteiger partial charge in [-0.15, -0.1) is 22.7 Å². The van der Waals surface area contributed by atoms with Gasteiger partial charge in [-0.3, -0.25) is 4.79 Å². The van der Waals surface area contributed by atoms with Crippen LogP contribution in [0.5, 0.6) is 0 Å². The average molecular weight is 280 g/mol. The number of carbonyl (C=O) groups excluding carboxylic acids is 1. The summed E-state index contributed by atoms with van der Waals surface area (Å²) < 4.78 is 0. The highest BCUT2D eigenvalue weighted by atomic mass is 32.1. The lowest BCUT2D eigenvalue weighted by Gasteiger charge is -2.06. The zero-order valence-corrected chi connectivity index (χ0v) is 12.3. The molecule has 96 valence electrons. The van der Waals surface area contributed by atoms with Crippen LogP contribution in [0.3, 0.4) is 0 Å². The summed E-state index contributed by atoms with van der Waals surface area (Å²) >= 11 is 3.19. The second-order valence-corrected chi connectivity index (χ2v) is 6.39. The molecule has 1 unspecified atom stereocenters. The van der Waals surface area contributed by atoms with E-state index < -0.39 is 0 Å². The fraction of sp³-hybridized carbons (Fsp3) is 0.385. The van der Waals surface area contributed by atoms with Gasteiger partial charge in [-0.05, 0) is 25.5 Å². The summed E-state index contributed by atoms with van der Waals surface area (Å²) in [4.78, 5) is 18.6. The molecule has 18 heavy (non-hydrogen) atoms. The maximum Gasteiger partial charge on any atom is 0.228 e. The lowest BCUT2D eigenvalue weighted by molar-refractivity contribution is -0.119. The zero-order valence-electron chi connectivity index (χ0n) is 10.7. The van der Waals surface area contributed by atoms with Crippen molar-refractivity contribution in [3.8, 4) is 10.6 Å². The van der Waals surface area contributed by atoms with Gasteiger partial charge in [0.2, 0.25) is 5.91 Å². The summed E-state index contributed by atoms with van der Waals surface area (Å²) in [5.74, 6) is 0.0714. The smallest absolute Gasteiger partial charge is 0.228 e. The van der Waals surface area contributed by atoms with Crippen molar-refractivity contribution in [2.75, 3.05) is 5.32 Å². The first-order chi connectivity index (χ1) is 8.60. The summed E-state index contributed by atoms with van der Waals surface area (Å²) in [6, 6.07) is 4.14. The highest BCUT2D eigenvalue weighted by Crippen LogP contribution is 2.30. The first-order valence-corrected chi connectivity index (χ1v) is 7.63. The number of nitrogens with one attached hydrogen (secondary N) is 1. The Labute approximate surface area is 115 Å². The van der Waals surface area contributed by atoms with E-state index in [1.165, 1.54) is 16.2 Å². The zero-order chi connectivity index (χ0) is 13.1. The molecule has 2 aromatic rings. The number of anilines is 1. The lowest BCUT2D eigenvalue weighted by atomic mass is 10.1. The van der Waals surface area contributed by atoms with E-state index in [-0.39, 0.29) is 11.8 Å². The number of hydrogen-bond acceptors (Lipinski definition) is 4. The highest BCUT2D eigenvalue weighted by molar-refractivity contribution is 7.17. The van der Waals surface area contributed by atoms with Crippen molar-refractivity contribution in [2.24, 2.45) is 5.92 Å². The van der Waals surface area contributed by atoms with E-state index in [1.807, 2.05) is 19.2 Å². The van der Waals surface area contributed by atoms with Gasteiger partial charge in [-0.2, -0.15) is 0 Å². The molecule has 0 saturated carbocycles. The van der Waals surface area contributed by atoms with Gasteiger partial charge in [0, 0.05) is 16.2 Å². The maximum atomic E-state index is 11.8. The lowest BCUT2D eigenvalue weighted by Crippen LogP contribution is -2.19. The molecule has 0 radical (unpaired) electrons. The van der Waals surface area contributed by atoms with Crippen molar-refractivity contribution < 1.29 is 4.79 Å². The molecule has 0 spiro atoms. The number of thiazole rings is 1. The Morgan fingerprint density at radius 2 is 2.28 bits per heavy atom. The molecule has 0 fully saturated rings. The van der Waals surface area contributed by atoms with Gasteiger partial charge in [-0.1, -0.05) is 13.8 Å². The molecular formula is C13H16N2OS2. The van der Waals surface area contributed by atoms with E-state index in [1.54, 1.807) is 11.3 Å². The van der Waals surface area contributed by atoms with Crippen molar-refractivity contribution >= 4 is 33.7 Å². The number of aryl methyl sites for hydroxylation is 1. The predicted molar refractivity (Wildman–Crippen MR) is 78.2 cm³/mol. The van der Waals surface area contributed by atoms with Gasteiger partial charge in [0.25, 0.3) is 0 Å². The average Bonchev–Trinajstić information content (AvgIpc) is 2.96. The molecule has 2 rings (SSSR count). The Bertz CT molecular complexity index is 545. The molecule has 1 amide bonds. The molecule has 0 saturated heterocycles. The third-order valence-corrected chi connectivity index (χ3v) is 4.57. The SMILES string of the molecule is CCC(C)C(=O)Nc1nc(-c2ccc(C)s2)cs1. The number of rotatable bonds is 4. The van der Waals surface area contributed by atoms with Crippen LogP contribution in [0.4, 0.5) is 5.13 Å². The number of amides is 1. The molecule has 0 aliphatic heterocycles. The Morgan fingerprint density at radius 3 is 2.89 bits per heavy atom. The van der Waals surface area contributed by atoms with Crippen LogP contribution in [0, 0.1) is 12.8 Å². The summed E-state index contributed by atoms with van der Waals surface area (Å²) in [6.07, 6.45) is 0.841. The van der Waals surface area contributed by atoms with E-state index in [0.717, 1.165) is 17.0 Å². The summed E-state index contributed by atoms with van der Waals surface area (Å²) in [7, 11) is 0. The Morgan fingerprint density at radius 1 is 1.50 bits per heavy atom.